The van der Waals surface area contributed by atoms with Gasteiger partial charge in [0.25, 0.3) is 5.91 Å². The summed E-state index contributed by atoms with van der Waals surface area (Å²) in [5, 5.41) is 3.23. The first kappa shape index (κ1) is 24.2. The van der Waals surface area contributed by atoms with Gasteiger partial charge >= 0.3 is 0 Å². The molecule has 1 fully saturated rings. The smallest absolute Gasteiger partial charge is 0.255 e. The summed E-state index contributed by atoms with van der Waals surface area (Å²) in [4.78, 5) is 24.4. The minimum absolute atomic E-state index is 0.00219. The Labute approximate surface area is 203 Å². The molecule has 1 saturated heterocycles. The van der Waals surface area contributed by atoms with Crippen LogP contribution in [0.25, 0.3) is 11.0 Å². The third kappa shape index (κ3) is 4.44. The number of halogens is 2. The van der Waals surface area contributed by atoms with Crippen LogP contribution in [0.3, 0.4) is 0 Å². The topological polar surface area (TPSA) is 89.1 Å². The Kier molecular flexibility index (Phi) is 6.74. The number of anilines is 1. The lowest BCUT2D eigenvalue weighted by Crippen LogP contribution is -2.28. The number of carbonyl (C=O) groups excluding carboxylic acids is 1. The zero-order chi connectivity index (χ0) is 25.3. The van der Waals surface area contributed by atoms with Crippen molar-refractivity contribution in [3.63, 3.8) is 0 Å². The van der Waals surface area contributed by atoms with E-state index in [9.17, 15) is 13.6 Å². The Morgan fingerprint density at radius 3 is 2.80 bits per heavy atom. The van der Waals surface area contributed by atoms with Gasteiger partial charge < -0.3 is 20.5 Å². The maximum atomic E-state index is 14.3. The first-order valence-corrected chi connectivity index (χ1v) is 11.5. The van der Waals surface area contributed by atoms with Crippen molar-refractivity contribution >= 4 is 22.8 Å². The highest BCUT2D eigenvalue weighted by atomic mass is 19.1. The predicted octanol–water partition coefficient (Wildman–Crippen LogP) is 4.32. The molecule has 1 aromatic carbocycles. The van der Waals surface area contributed by atoms with Crippen LogP contribution in [0.2, 0.25) is 0 Å². The van der Waals surface area contributed by atoms with Crippen LogP contribution >= 0.6 is 0 Å². The lowest BCUT2D eigenvalue weighted by molar-refractivity contribution is 0.0940. The van der Waals surface area contributed by atoms with Crippen molar-refractivity contribution in [3.05, 3.63) is 65.3 Å². The molecule has 0 bridgehead atoms. The van der Waals surface area contributed by atoms with Crippen molar-refractivity contribution in [2.24, 2.45) is 0 Å². The molecule has 3 heterocycles. The third-order valence-corrected chi connectivity index (χ3v) is 6.37. The molecule has 3 N–H and O–H groups in total. The number of hydrogen-bond donors (Lipinski definition) is 2. The van der Waals surface area contributed by atoms with Crippen molar-refractivity contribution in [3.8, 4) is 11.8 Å². The fourth-order valence-electron chi connectivity index (χ4n) is 4.79. The average molecular weight is 479 g/mol. The highest BCUT2D eigenvalue weighted by Crippen LogP contribution is 2.36. The summed E-state index contributed by atoms with van der Waals surface area (Å²) in [6.07, 6.45) is 6.25. The van der Waals surface area contributed by atoms with Gasteiger partial charge in [-0.05, 0) is 52.3 Å². The SMILES string of the molecule is CC#Cc1c(C(=O)N[C@H](C)c2ccc(F)cc2F)c2c(N)ncnc2n1[C@@H]1C[C@H](C)N(C=CC)C1. The Hall–Kier alpha value is -3.93. The lowest BCUT2D eigenvalue weighted by atomic mass is 10.1. The molecule has 4 rings (SSSR count). The van der Waals surface area contributed by atoms with Crippen LogP contribution in [0, 0.1) is 23.5 Å². The number of benzene rings is 1. The quantitative estimate of drug-likeness (QED) is 0.533. The van der Waals surface area contributed by atoms with Gasteiger partial charge in [-0.2, -0.15) is 0 Å². The standard InChI is InChI=1S/C26H28F2N6O/c1-5-7-21-22(26(35)32-16(4)19-9-8-17(27)12-20(19)28)23-24(29)30-14-31-25(23)34(21)18-11-15(3)33(13-18)10-6-2/h6,8-10,12,14-16,18H,11,13H2,1-4H3,(H,32,35)(H2,29,30,31)/t15-,16+,18+/m0/s1. The molecule has 3 aromatic rings. The molecule has 0 unspecified atom stereocenters. The zero-order valence-electron chi connectivity index (χ0n) is 20.1. The fraction of sp³-hybridized carbons (Fsp3) is 0.346. The van der Waals surface area contributed by atoms with Gasteiger partial charge in [0.1, 0.15) is 35.1 Å². The number of aromatic nitrogens is 3. The summed E-state index contributed by atoms with van der Waals surface area (Å²) in [7, 11) is 0. The van der Waals surface area contributed by atoms with E-state index >= 15 is 0 Å². The van der Waals surface area contributed by atoms with Crippen molar-refractivity contribution in [2.45, 2.75) is 52.2 Å². The molecule has 3 atom stereocenters. The first-order chi connectivity index (χ1) is 16.8. The molecule has 182 valence electrons. The zero-order valence-corrected chi connectivity index (χ0v) is 20.1. The molecule has 1 aliphatic heterocycles. The van der Waals surface area contributed by atoms with Crippen molar-refractivity contribution in [1.29, 1.82) is 0 Å². The molecule has 0 saturated carbocycles. The molecule has 7 nitrogen and oxygen atoms in total. The fourth-order valence-corrected chi connectivity index (χ4v) is 4.79. The summed E-state index contributed by atoms with van der Waals surface area (Å²) < 4.78 is 29.7. The Bertz CT molecular complexity index is 1370. The number of likely N-dealkylation sites (tertiary alicyclic amines) is 1. The van der Waals surface area contributed by atoms with Gasteiger partial charge in [0.05, 0.1) is 23.0 Å². The van der Waals surface area contributed by atoms with Gasteiger partial charge in [0.15, 0.2) is 0 Å². The van der Waals surface area contributed by atoms with E-state index < -0.39 is 23.6 Å². The molecule has 0 aliphatic carbocycles. The van der Waals surface area contributed by atoms with Crippen LogP contribution in [0.5, 0.6) is 0 Å². The molecule has 35 heavy (non-hydrogen) atoms. The molecule has 1 amide bonds. The number of allylic oxidation sites excluding steroid dienone is 1. The van der Waals surface area contributed by atoms with Gasteiger partial charge in [0.2, 0.25) is 0 Å². The maximum Gasteiger partial charge on any atom is 0.255 e. The van der Waals surface area contributed by atoms with Crippen molar-refractivity contribution in [2.75, 3.05) is 12.3 Å². The van der Waals surface area contributed by atoms with E-state index in [1.807, 2.05) is 17.6 Å². The number of fused-ring (bicyclic) bond motifs is 1. The number of carbonyl (C=O) groups is 1. The van der Waals surface area contributed by atoms with Crippen molar-refractivity contribution < 1.29 is 13.6 Å². The number of nitrogens with two attached hydrogens (primary N) is 1. The summed E-state index contributed by atoms with van der Waals surface area (Å²) in [6.45, 7) is 8.16. The molecular formula is C26H28F2N6O. The molecule has 9 heteroatoms. The van der Waals surface area contributed by atoms with Gasteiger partial charge in [-0.25, -0.2) is 18.7 Å². The maximum absolute atomic E-state index is 14.3. The van der Waals surface area contributed by atoms with E-state index in [4.69, 9.17) is 5.73 Å². The number of hydrogen-bond acceptors (Lipinski definition) is 5. The number of nitrogens with zero attached hydrogens (tertiary/aromatic N) is 4. The van der Waals surface area contributed by atoms with E-state index in [0.717, 1.165) is 25.1 Å². The minimum Gasteiger partial charge on any atom is -0.383 e. The number of amides is 1. The van der Waals surface area contributed by atoms with E-state index in [-0.39, 0.29) is 29.0 Å². The van der Waals surface area contributed by atoms with Crippen molar-refractivity contribution in [1.82, 2.24) is 24.8 Å². The van der Waals surface area contributed by atoms with Gasteiger partial charge in [-0.15, -0.1) is 0 Å². The molecule has 0 spiro atoms. The van der Waals surface area contributed by atoms with Crippen LogP contribution in [0.1, 0.15) is 67.8 Å². The Morgan fingerprint density at radius 1 is 1.34 bits per heavy atom. The number of nitrogen functional groups attached to an aromatic ring is 1. The third-order valence-electron chi connectivity index (χ3n) is 6.37. The highest BCUT2D eigenvalue weighted by molar-refractivity contribution is 6.11. The van der Waals surface area contributed by atoms with Crippen LogP contribution in [0.15, 0.2) is 36.8 Å². The summed E-state index contributed by atoms with van der Waals surface area (Å²) in [5.41, 5.74) is 7.67. The monoisotopic (exact) mass is 478 g/mol. The van der Waals surface area contributed by atoms with E-state index in [1.54, 1.807) is 13.8 Å². The summed E-state index contributed by atoms with van der Waals surface area (Å²) in [5.74, 6) is 4.24. The molecule has 2 aromatic heterocycles. The normalized spacial score (nSPS) is 18.6. The summed E-state index contributed by atoms with van der Waals surface area (Å²) in [6, 6.07) is 2.83. The van der Waals surface area contributed by atoms with Gasteiger partial charge in [-0.3, -0.25) is 4.79 Å². The van der Waals surface area contributed by atoms with Crippen LogP contribution < -0.4 is 11.1 Å². The Morgan fingerprint density at radius 2 is 2.11 bits per heavy atom. The second kappa shape index (κ2) is 9.74. The lowest BCUT2D eigenvalue weighted by Gasteiger charge is -2.18. The van der Waals surface area contributed by atoms with Crippen LogP contribution in [-0.2, 0) is 0 Å². The second-order valence-electron chi connectivity index (χ2n) is 8.70. The van der Waals surface area contributed by atoms with Crippen LogP contribution in [-0.4, -0.2) is 37.9 Å². The minimum atomic E-state index is -0.735. The number of nitrogens with one attached hydrogen (secondary N) is 1. The molecule has 1 aliphatic rings. The molecular weight excluding hydrogens is 450 g/mol. The Balaban J connectivity index is 1.82. The van der Waals surface area contributed by atoms with E-state index in [0.29, 0.717) is 16.7 Å². The van der Waals surface area contributed by atoms with E-state index in [2.05, 4.69) is 45.1 Å². The number of rotatable bonds is 5. The highest BCUT2D eigenvalue weighted by Gasteiger charge is 2.34. The van der Waals surface area contributed by atoms with Gasteiger partial charge in [-0.1, -0.05) is 18.1 Å². The first-order valence-electron chi connectivity index (χ1n) is 11.5. The second-order valence-corrected chi connectivity index (χ2v) is 8.70. The predicted molar refractivity (Wildman–Crippen MR) is 131 cm³/mol. The largest absolute Gasteiger partial charge is 0.383 e. The van der Waals surface area contributed by atoms with Crippen LogP contribution in [0.4, 0.5) is 14.6 Å². The molecule has 0 radical (unpaired) electrons. The van der Waals surface area contributed by atoms with E-state index in [1.165, 1.54) is 12.4 Å². The average Bonchev–Trinajstić information content (AvgIpc) is 3.32. The van der Waals surface area contributed by atoms with Gasteiger partial charge in [0, 0.05) is 24.2 Å². The summed E-state index contributed by atoms with van der Waals surface area (Å²) >= 11 is 0.